The van der Waals surface area contributed by atoms with Gasteiger partial charge in [-0.1, -0.05) is 54.6 Å². The zero-order valence-corrected chi connectivity index (χ0v) is 20.2. The van der Waals surface area contributed by atoms with Crippen LogP contribution >= 0.6 is 0 Å². The Morgan fingerprint density at radius 1 is 0.800 bits per heavy atom. The third kappa shape index (κ3) is 5.73. The molecule has 3 aromatic carbocycles. The van der Waals surface area contributed by atoms with Crippen molar-refractivity contribution in [2.75, 3.05) is 24.5 Å². The molecule has 0 radical (unpaired) electrons. The summed E-state index contributed by atoms with van der Waals surface area (Å²) in [5, 5.41) is 3.16. The maximum absolute atomic E-state index is 13.1. The molecule has 5 heteroatoms. The second kappa shape index (κ2) is 10.8. The molecule has 0 saturated carbocycles. The van der Waals surface area contributed by atoms with Crippen molar-refractivity contribution >= 4 is 17.5 Å². The lowest BCUT2D eigenvalue weighted by atomic mass is 9.99. The number of amides is 2. The van der Waals surface area contributed by atoms with Crippen LogP contribution in [0.1, 0.15) is 46.3 Å². The van der Waals surface area contributed by atoms with Gasteiger partial charge >= 0.3 is 0 Å². The van der Waals surface area contributed by atoms with Crippen LogP contribution in [0.15, 0.2) is 78.9 Å². The first-order chi connectivity index (χ1) is 17.2. The molecule has 3 aromatic rings. The number of nitrogens with one attached hydrogen (secondary N) is 1. The van der Waals surface area contributed by atoms with E-state index < -0.39 is 0 Å². The van der Waals surface area contributed by atoms with Gasteiger partial charge in [0.2, 0.25) is 5.91 Å². The minimum absolute atomic E-state index is 0.0781. The number of rotatable bonds is 6. The van der Waals surface area contributed by atoms with Gasteiger partial charge in [-0.15, -0.1) is 0 Å². The summed E-state index contributed by atoms with van der Waals surface area (Å²) in [4.78, 5) is 29.7. The zero-order valence-electron chi connectivity index (χ0n) is 20.2. The summed E-state index contributed by atoms with van der Waals surface area (Å²) >= 11 is 0. The van der Waals surface area contributed by atoms with Crippen molar-refractivity contribution in [2.45, 2.75) is 44.7 Å². The van der Waals surface area contributed by atoms with E-state index in [2.05, 4.69) is 58.7 Å². The third-order valence-corrected chi connectivity index (χ3v) is 7.24. The van der Waals surface area contributed by atoms with E-state index >= 15 is 0 Å². The molecule has 5 rings (SSSR count). The first kappa shape index (κ1) is 23.2. The summed E-state index contributed by atoms with van der Waals surface area (Å²) in [6.45, 7) is 3.25. The van der Waals surface area contributed by atoms with E-state index in [1.807, 2.05) is 35.2 Å². The van der Waals surface area contributed by atoms with Crippen molar-refractivity contribution in [2.24, 2.45) is 0 Å². The highest BCUT2D eigenvalue weighted by molar-refractivity contribution is 5.94. The summed E-state index contributed by atoms with van der Waals surface area (Å²) < 4.78 is 0. The van der Waals surface area contributed by atoms with Crippen LogP contribution in [0.4, 0.5) is 5.69 Å². The predicted octanol–water partition coefficient (Wildman–Crippen LogP) is 4.60. The summed E-state index contributed by atoms with van der Waals surface area (Å²) in [6.07, 6.45) is 3.90. The Bertz CT molecular complexity index is 1150. The van der Waals surface area contributed by atoms with Gasteiger partial charge in [0.1, 0.15) is 0 Å². The number of carbonyl (C=O) groups is 2. The van der Waals surface area contributed by atoms with E-state index in [4.69, 9.17) is 0 Å². The molecule has 1 N–H and O–H groups in total. The normalized spacial score (nSPS) is 16.0. The molecule has 35 heavy (non-hydrogen) atoms. The van der Waals surface area contributed by atoms with Crippen LogP contribution in [0.3, 0.4) is 0 Å². The fraction of sp³-hybridized carbons (Fsp3) is 0.333. The number of carbonyl (C=O) groups excluding carboxylic acids is 2. The van der Waals surface area contributed by atoms with Crippen LogP contribution in [-0.4, -0.2) is 42.4 Å². The molecule has 2 aliphatic rings. The van der Waals surface area contributed by atoms with Gasteiger partial charge in [-0.3, -0.25) is 9.59 Å². The molecule has 0 spiro atoms. The van der Waals surface area contributed by atoms with E-state index in [0.29, 0.717) is 19.5 Å². The lowest BCUT2D eigenvalue weighted by Gasteiger charge is -2.33. The average molecular weight is 468 g/mol. The number of piperidine rings is 1. The molecule has 5 nitrogen and oxygen atoms in total. The minimum Gasteiger partial charge on any atom is -0.367 e. The van der Waals surface area contributed by atoms with Crippen LogP contribution in [0.2, 0.25) is 0 Å². The van der Waals surface area contributed by atoms with E-state index in [1.54, 1.807) is 0 Å². The highest BCUT2D eigenvalue weighted by atomic mass is 16.2. The number of aryl methyl sites for hydroxylation is 1. The molecular formula is C30H33N3O2. The number of anilines is 1. The number of hydrogen-bond donors (Lipinski definition) is 1. The largest absolute Gasteiger partial charge is 0.367 e. The summed E-state index contributed by atoms with van der Waals surface area (Å²) in [6, 6.07) is 26.9. The van der Waals surface area contributed by atoms with Crippen molar-refractivity contribution in [1.29, 1.82) is 0 Å². The van der Waals surface area contributed by atoms with E-state index in [1.165, 1.54) is 16.7 Å². The van der Waals surface area contributed by atoms with Crippen molar-refractivity contribution in [3.8, 4) is 0 Å². The Labute approximate surface area is 207 Å². The highest BCUT2D eigenvalue weighted by Crippen LogP contribution is 2.25. The highest BCUT2D eigenvalue weighted by Gasteiger charge is 2.25. The summed E-state index contributed by atoms with van der Waals surface area (Å²) in [5.74, 6) is 0.170. The Kier molecular flexibility index (Phi) is 7.12. The number of nitrogens with zero attached hydrogens (tertiary/aromatic N) is 2. The average Bonchev–Trinajstić information content (AvgIpc) is 2.92. The van der Waals surface area contributed by atoms with Crippen LogP contribution < -0.4 is 10.2 Å². The molecule has 0 bridgehead atoms. The quantitative estimate of drug-likeness (QED) is 0.576. The second-order valence-electron chi connectivity index (χ2n) is 9.61. The molecule has 2 amide bonds. The topological polar surface area (TPSA) is 52.7 Å². The number of benzene rings is 3. The van der Waals surface area contributed by atoms with Gasteiger partial charge in [-0.2, -0.15) is 0 Å². The fourth-order valence-corrected chi connectivity index (χ4v) is 5.14. The van der Waals surface area contributed by atoms with Crippen molar-refractivity contribution < 1.29 is 9.59 Å². The molecule has 2 aliphatic heterocycles. The van der Waals surface area contributed by atoms with Crippen LogP contribution in [0.5, 0.6) is 0 Å². The molecule has 1 fully saturated rings. The molecule has 180 valence electrons. The Morgan fingerprint density at radius 3 is 2.23 bits per heavy atom. The Morgan fingerprint density at radius 2 is 1.49 bits per heavy atom. The lowest BCUT2D eigenvalue weighted by Crippen LogP contribution is -2.46. The van der Waals surface area contributed by atoms with Crippen molar-refractivity contribution in [3.63, 3.8) is 0 Å². The Hall–Kier alpha value is -3.60. The van der Waals surface area contributed by atoms with Crippen LogP contribution in [0, 0.1) is 0 Å². The van der Waals surface area contributed by atoms with E-state index in [9.17, 15) is 9.59 Å². The number of fused-ring (bicyclic) bond motifs is 1. The standard InChI is InChI=1S/C30H33N3O2/c34-29(15-10-23-6-2-1-3-7-23)31-27-17-20-32(21-18-27)30(35)25-11-13-28(14-12-25)33-19-16-24-8-4-5-9-26(24)22-33/h1-9,11-14,27H,10,15-22H2,(H,31,34). The first-order valence-corrected chi connectivity index (χ1v) is 12.7. The monoisotopic (exact) mass is 467 g/mol. The first-order valence-electron chi connectivity index (χ1n) is 12.7. The SMILES string of the molecule is O=C(CCc1ccccc1)NC1CCN(C(=O)c2ccc(N3CCc4ccccc4C3)cc2)CC1. The molecule has 1 saturated heterocycles. The van der Waals surface area contributed by atoms with Crippen molar-refractivity contribution in [1.82, 2.24) is 10.2 Å². The molecule has 0 aliphatic carbocycles. The second-order valence-corrected chi connectivity index (χ2v) is 9.61. The predicted molar refractivity (Wildman–Crippen MR) is 139 cm³/mol. The maximum atomic E-state index is 13.1. The maximum Gasteiger partial charge on any atom is 0.253 e. The lowest BCUT2D eigenvalue weighted by molar-refractivity contribution is -0.122. The van der Waals surface area contributed by atoms with Gasteiger partial charge in [0.15, 0.2) is 0 Å². The molecule has 2 heterocycles. The molecule has 0 aromatic heterocycles. The van der Waals surface area contributed by atoms with Gasteiger partial charge in [-0.05, 0) is 66.6 Å². The zero-order chi connectivity index (χ0) is 24.0. The van der Waals surface area contributed by atoms with Gasteiger partial charge in [0.25, 0.3) is 5.91 Å². The number of hydrogen-bond acceptors (Lipinski definition) is 3. The van der Waals surface area contributed by atoms with Crippen molar-refractivity contribution in [3.05, 3.63) is 101 Å². The third-order valence-electron chi connectivity index (χ3n) is 7.24. The molecular weight excluding hydrogens is 434 g/mol. The summed E-state index contributed by atoms with van der Waals surface area (Å²) in [7, 11) is 0. The number of likely N-dealkylation sites (tertiary alicyclic amines) is 1. The van der Waals surface area contributed by atoms with Gasteiger partial charge in [0.05, 0.1) is 0 Å². The van der Waals surface area contributed by atoms with Gasteiger partial charge in [-0.25, -0.2) is 0 Å². The minimum atomic E-state index is 0.0781. The fourth-order valence-electron chi connectivity index (χ4n) is 5.14. The van der Waals surface area contributed by atoms with Crippen LogP contribution in [-0.2, 0) is 24.2 Å². The van der Waals surface area contributed by atoms with Gasteiger partial charge < -0.3 is 15.1 Å². The summed E-state index contributed by atoms with van der Waals surface area (Å²) in [5.41, 5.74) is 5.89. The molecule has 0 unspecified atom stereocenters. The van der Waals surface area contributed by atoms with E-state index in [-0.39, 0.29) is 17.9 Å². The Balaban J connectivity index is 1.09. The van der Waals surface area contributed by atoms with Crippen LogP contribution in [0.25, 0.3) is 0 Å². The smallest absolute Gasteiger partial charge is 0.253 e. The molecule has 0 atom stereocenters. The van der Waals surface area contributed by atoms with E-state index in [0.717, 1.165) is 50.0 Å². The van der Waals surface area contributed by atoms with Gasteiger partial charge in [0, 0.05) is 49.9 Å².